The third kappa shape index (κ3) is 3.05. The van der Waals surface area contributed by atoms with Crippen molar-refractivity contribution in [3.8, 4) is 0 Å². The first kappa shape index (κ1) is 14.1. The van der Waals surface area contributed by atoms with Crippen LogP contribution in [0.5, 0.6) is 0 Å². The maximum absolute atomic E-state index is 5.45. The molecular weight excluding hydrogens is 250 g/mol. The SMILES string of the molecule is CCCNC(C)CCc1nc(C2CC3CCC2C3)no1. The van der Waals surface area contributed by atoms with Crippen LogP contribution in [0.25, 0.3) is 0 Å². The highest BCUT2D eigenvalue weighted by Gasteiger charge is 2.42. The number of aryl methyl sites for hydroxylation is 1. The molecule has 4 atom stereocenters. The van der Waals surface area contributed by atoms with Crippen molar-refractivity contribution in [1.29, 1.82) is 0 Å². The predicted octanol–water partition coefficient (Wildman–Crippen LogP) is 3.29. The molecule has 4 unspecified atom stereocenters. The van der Waals surface area contributed by atoms with Gasteiger partial charge in [-0.05, 0) is 57.4 Å². The highest BCUT2D eigenvalue weighted by atomic mass is 16.5. The Labute approximate surface area is 121 Å². The maximum atomic E-state index is 5.45. The minimum atomic E-state index is 0.521. The topological polar surface area (TPSA) is 51.0 Å². The molecule has 0 aliphatic heterocycles. The number of hydrogen-bond donors (Lipinski definition) is 1. The van der Waals surface area contributed by atoms with E-state index in [4.69, 9.17) is 4.52 Å². The molecule has 0 saturated heterocycles. The summed E-state index contributed by atoms with van der Waals surface area (Å²) in [5, 5.41) is 7.75. The van der Waals surface area contributed by atoms with Gasteiger partial charge in [-0.1, -0.05) is 18.5 Å². The van der Waals surface area contributed by atoms with E-state index in [-0.39, 0.29) is 0 Å². The lowest BCUT2D eigenvalue weighted by molar-refractivity contribution is 0.346. The van der Waals surface area contributed by atoms with Gasteiger partial charge in [0.25, 0.3) is 0 Å². The molecule has 112 valence electrons. The third-order valence-corrected chi connectivity index (χ3v) is 5.09. The van der Waals surface area contributed by atoms with Crippen LogP contribution in [0.3, 0.4) is 0 Å². The Kier molecular flexibility index (Phi) is 4.39. The Balaban J connectivity index is 1.50. The number of fused-ring (bicyclic) bond motifs is 2. The lowest BCUT2D eigenvalue weighted by atomic mass is 9.88. The highest BCUT2D eigenvalue weighted by Crippen LogP contribution is 2.52. The molecule has 4 nitrogen and oxygen atoms in total. The van der Waals surface area contributed by atoms with Crippen molar-refractivity contribution in [2.75, 3.05) is 6.54 Å². The second-order valence-electron chi connectivity index (χ2n) is 6.72. The van der Waals surface area contributed by atoms with Gasteiger partial charge in [0, 0.05) is 18.4 Å². The monoisotopic (exact) mass is 277 g/mol. The molecule has 2 fully saturated rings. The van der Waals surface area contributed by atoms with Crippen molar-refractivity contribution < 1.29 is 4.52 Å². The van der Waals surface area contributed by atoms with Crippen LogP contribution in [-0.2, 0) is 6.42 Å². The molecule has 0 spiro atoms. The first-order valence-corrected chi connectivity index (χ1v) is 8.32. The average Bonchev–Trinajstić information content (AvgIpc) is 3.17. The summed E-state index contributed by atoms with van der Waals surface area (Å²) in [6.07, 6.45) is 8.62. The van der Waals surface area contributed by atoms with E-state index < -0.39 is 0 Å². The Morgan fingerprint density at radius 2 is 2.25 bits per heavy atom. The molecular formula is C16H27N3O. The molecule has 2 bridgehead atoms. The van der Waals surface area contributed by atoms with E-state index in [0.717, 1.165) is 42.9 Å². The Morgan fingerprint density at radius 1 is 1.35 bits per heavy atom. The van der Waals surface area contributed by atoms with Crippen molar-refractivity contribution in [1.82, 2.24) is 15.5 Å². The summed E-state index contributed by atoms with van der Waals surface area (Å²) in [5.74, 6) is 4.16. The third-order valence-electron chi connectivity index (χ3n) is 5.09. The molecule has 1 N–H and O–H groups in total. The summed E-state index contributed by atoms with van der Waals surface area (Å²) < 4.78 is 5.45. The fourth-order valence-corrected chi connectivity index (χ4v) is 3.91. The van der Waals surface area contributed by atoms with Crippen LogP contribution in [0.4, 0.5) is 0 Å². The van der Waals surface area contributed by atoms with Gasteiger partial charge < -0.3 is 9.84 Å². The van der Waals surface area contributed by atoms with Crippen LogP contribution in [0.15, 0.2) is 4.52 Å². The van der Waals surface area contributed by atoms with E-state index in [9.17, 15) is 0 Å². The smallest absolute Gasteiger partial charge is 0.226 e. The van der Waals surface area contributed by atoms with Crippen LogP contribution in [-0.4, -0.2) is 22.7 Å². The first-order chi connectivity index (χ1) is 9.76. The molecule has 1 heterocycles. The van der Waals surface area contributed by atoms with Gasteiger partial charge >= 0.3 is 0 Å². The van der Waals surface area contributed by atoms with Crippen molar-refractivity contribution in [3.63, 3.8) is 0 Å². The molecule has 2 aliphatic carbocycles. The highest BCUT2D eigenvalue weighted by molar-refractivity contribution is 5.06. The van der Waals surface area contributed by atoms with E-state index in [2.05, 4.69) is 29.3 Å². The van der Waals surface area contributed by atoms with E-state index in [0.29, 0.717) is 12.0 Å². The Bertz CT molecular complexity index is 431. The summed E-state index contributed by atoms with van der Waals surface area (Å²) in [4.78, 5) is 4.66. The minimum Gasteiger partial charge on any atom is -0.339 e. The fourth-order valence-electron chi connectivity index (χ4n) is 3.91. The standard InChI is InChI=1S/C16H27N3O/c1-3-8-17-11(2)4-7-15-18-16(19-20-15)14-10-12-5-6-13(14)9-12/h11-14,17H,3-10H2,1-2H3. The Morgan fingerprint density at radius 3 is 2.95 bits per heavy atom. The summed E-state index contributed by atoms with van der Waals surface area (Å²) in [6, 6.07) is 0.521. The molecule has 0 radical (unpaired) electrons. The number of aromatic nitrogens is 2. The van der Waals surface area contributed by atoms with E-state index in [1.807, 2.05) is 0 Å². The van der Waals surface area contributed by atoms with Crippen LogP contribution in [0.2, 0.25) is 0 Å². The van der Waals surface area contributed by atoms with Gasteiger partial charge in [-0.2, -0.15) is 4.98 Å². The molecule has 0 aromatic carbocycles. The van der Waals surface area contributed by atoms with E-state index >= 15 is 0 Å². The van der Waals surface area contributed by atoms with E-state index in [1.54, 1.807) is 0 Å². The van der Waals surface area contributed by atoms with Gasteiger partial charge in [0.2, 0.25) is 5.89 Å². The summed E-state index contributed by atoms with van der Waals surface area (Å²) in [5.41, 5.74) is 0. The Hall–Kier alpha value is -0.900. The molecule has 0 amide bonds. The van der Waals surface area contributed by atoms with Crippen LogP contribution >= 0.6 is 0 Å². The van der Waals surface area contributed by atoms with Gasteiger partial charge in [0.15, 0.2) is 5.82 Å². The quantitative estimate of drug-likeness (QED) is 0.831. The summed E-state index contributed by atoms with van der Waals surface area (Å²) in [6.45, 7) is 5.50. The number of nitrogens with zero attached hydrogens (tertiary/aromatic N) is 2. The lowest BCUT2D eigenvalue weighted by Crippen LogP contribution is -2.27. The van der Waals surface area contributed by atoms with Crippen molar-refractivity contribution in [2.45, 2.75) is 70.8 Å². The maximum Gasteiger partial charge on any atom is 0.226 e. The van der Waals surface area contributed by atoms with Gasteiger partial charge in [-0.3, -0.25) is 0 Å². The normalized spacial score (nSPS) is 30.0. The molecule has 4 heteroatoms. The zero-order valence-electron chi connectivity index (χ0n) is 12.8. The zero-order valence-corrected chi connectivity index (χ0v) is 12.8. The van der Waals surface area contributed by atoms with Gasteiger partial charge in [-0.25, -0.2) is 0 Å². The first-order valence-electron chi connectivity index (χ1n) is 8.32. The molecule has 1 aromatic rings. The molecule has 2 aliphatic rings. The molecule has 1 aromatic heterocycles. The van der Waals surface area contributed by atoms with Crippen LogP contribution in [0.1, 0.15) is 70.0 Å². The van der Waals surface area contributed by atoms with Crippen molar-refractivity contribution in [2.24, 2.45) is 11.8 Å². The molecule has 20 heavy (non-hydrogen) atoms. The minimum absolute atomic E-state index is 0.521. The van der Waals surface area contributed by atoms with Crippen molar-refractivity contribution in [3.05, 3.63) is 11.7 Å². The number of hydrogen-bond acceptors (Lipinski definition) is 4. The zero-order chi connectivity index (χ0) is 13.9. The lowest BCUT2D eigenvalue weighted by Gasteiger charge is -2.17. The average molecular weight is 277 g/mol. The van der Waals surface area contributed by atoms with Crippen LogP contribution in [0, 0.1) is 11.8 Å². The number of nitrogens with one attached hydrogen (secondary N) is 1. The second-order valence-corrected chi connectivity index (χ2v) is 6.72. The number of rotatable bonds is 7. The molecule has 3 rings (SSSR count). The van der Waals surface area contributed by atoms with Gasteiger partial charge in [0.05, 0.1) is 0 Å². The summed E-state index contributed by atoms with van der Waals surface area (Å²) >= 11 is 0. The molecule has 2 saturated carbocycles. The summed E-state index contributed by atoms with van der Waals surface area (Å²) in [7, 11) is 0. The van der Waals surface area contributed by atoms with Gasteiger partial charge in [-0.15, -0.1) is 0 Å². The largest absolute Gasteiger partial charge is 0.339 e. The van der Waals surface area contributed by atoms with Gasteiger partial charge in [0.1, 0.15) is 0 Å². The van der Waals surface area contributed by atoms with Crippen LogP contribution < -0.4 is 5.32 Å². The predicted molar refractivity (Wildman–Crippen MR) is 78.6 cm³/mol. The van der Waals surface area contributed by atoms with E-state index in [1.165, 1.54) is 32.1 Å². The fraction of sp³-hybridized carbons (Fsp3) is 0.875. The second kappa shape index (κ2) is 6.25. The van der Waals surface area contributed by atoms with Crippen molar-refractivity contribution >= 4 is 0 Å².